The molecule has 0 saturated carbocycles. The van der Waals surface area contributed by atoms with Gasteiger partial charge < -0.3 is 15.2 Å². The first-order valence-electron chi connectivity index (χ1n) is 9.43. The third-order valence-corrected chi connectivity index (χ3v) is 5.09. The Balaban J connectivity index is 1.85. The van der Waals surface area contributed by atoms with E-state index in [1.165, 1.54) is 22.8 Å². The number of aromatic nitrogens is 5. The normalized spacial score (nSPS) is 11.8. The van der Waals surface area contributed by atoms with Crippen LogP contribution < -0.4 is 10.6 Å². The number of halogens is 1. The number of hydrogen-bond donors (Lipinski definition) is 3. The fraction of sp³-hybridized carbons (Fsp3) is 0.300. The Labute approximate surface area is 177 Å². The van der Waals surface area contributed by atoms with E-state index < -0.39 is 23.6 Å². The van der Waals surface area contributed by atoms with Crippen LogP contribution in [0.15, 0.2) is 18.2 Å². The first-order chi connectivity index (χ1) is 14.6. The summed E-state index contributed by atoms with van der Waals surface area (Å²) >= 11 is 0. The van der Waals surface area contributed by atoms with Gasteiger partial charge in [0.2, 0.25) is 0 Å². The van der Waals surface area contributed by atoms with Crippen LogP contribution in [0.3, 0.4) is 0 Å². The van der Waals surface area contributed by atoms with E-state index in [0.29, 0.717) is 22.5 Å². The summed E-state index contributed by atoms with van der Waals surface area (Å²) in [6.45, 7) is 6.48. The predicted molar refractivity (Wildman–Crippen MR) is 109 cm³/mol. The van der Waals surface area contributed by atoms with Crippen molar-refractivity contribution >= 4 is 23.3 Å². The molecule has 1 atom stereocenters. The Bertz CT molecular complexity index is 1170. The minimum atomic E-state index is -0.859. The molecule has 11 heteroatoms. The Kier molecular flexibility index (Phi) is 5.95. The van der Waals surface area contributed by atoms with Crippen LogP contribution in [0.4, 0.5) is 10.1 Å². The summed E-state index contributed by atoms with van der Waals surface area (Å²) in [6, 6.07) is 3.59. The van der Waals surface area contributed by atoms with Gasteiger partial charge in [-0.25, -0.2) is 4.39 Å². The van der Waals surface area contributed by atoms with Crippen molar-refractivity contribution in [1.29, 1.82) is 0 Å². The van der Waals surface area contributed by atoms with Crippen LogP contribution in [0.5, 0.6) is 0 Å². The number of rotatable bonds is 6. The lowest BCUT2D eigenvalue weighted by atomic mass is 10.1. The predicted octanol–water partition coefficient (Wildman–Crippen LogP) is 1.91. The van der Waals surface area contributed by atoms with Crippen LogP contribution in [0.25, 0.3) is 0 Å². The second-order valence-corrected chi connectivity index (χ2v) is 7.21. The fourth-order valence-electron chi connectivity index (χ4n) is 3.34. The molecule has 1 unspecified atom stereocenters. The van der Waals surface area contributed by atoms with Gasteiger partial charge in [0, 0.05) is 18.4 Å². The van der Waals surface area contributed by atoms with Crippen molar-refractivity contribution in [2.75, 3.05) is 5.32 Å². The summed E-state index contributed by atoms with van der Waals surface area (Å²) in [5.74, 6) is -2.26. The number of carbonyl (C=O) groups is 3. The molecule has 1 aromatic carbocycles. The molecule has 3 rings (SSSR count). The van der Waals surface area contributed by atoms with E-state index >= 15 is 0 Å². The monoisotopic (exact) mass is 427 g/mol. The van der Waals surface area contributed by atoms with Crippen LogP contribution in [-0.4, -0.2) is 42.8 Å². The molecule has 0 aliphatic rings. The van der Waals surface area contributed by atoms with Crippen molar-refractivity contribution in [2.45, 2.75) is 33.7 Å². The lowest BCUT2D eigenvalue weighted by Gasteiger charge is -2.10. The highest BCUT2D eigenvalue weighted by Crippen LogP contribution is 2.24. The maximum absolute atomic E-state index is 13.5. The van der Waals surface area contributed by atoms with Crippen LogP contribution >= 0.6 is 0 Å². The first-order valence-corrected chi connectivity index (χ1v) is 9.43. The zero-order chi connectivity index (χ0) is 22.9. The molecule has 31 heavy (non-hydrogen) atoms. The van der Waals surface area contributed by atoms with Crippen molar-refractivity contribution in [3.63, 3.8) is 0 Å². The summed E-state index contributed by atoms with van der Waals surface area (Å²) < 4.78 is 15.0. The lowest BCUT2D eigenvalue weighted by Crippen LogP contribution is -2.35. The SMILES string of the molecule is Cc1cc(NC(=O)c2c(C)c(C(=O)C(=O)NC(C)c3nn[nH]n3)n(C)c2C)ccc1F. The van der Waals surface area contributed by atoms with E-state index in [1.54, 1.807) is 34.7 Å². The number of nitrogens with one attached hydrogen (secondary N) is 3. The second-order valence-electron chi connectivity index (χ2n) is 7.21. The highest BCUT2D eigenvalue weighted by molar-refractivity contribution is 6.43. The van der Waals surface area contributed by atoms with Crippen LogP contribution in [0, 0.1) is 26.6 Å². The average Bonchev–Trinajstić information content (AvgIpc) is 3.32. The fourth-order valence-corrected chi connectivity index (χ4v) is 3.34. The average molecular weight is 427 g/mol. The Morgan fingerprint density at radius 3 is 2.52 bits per heavy atom. The van der Waals surface area contributed by atoms with Gasteiger partial charge in [-0.1, -0.05) is 5.21 Å². The van der Waals surface area contributed by atoms with Gasteiger partial charge in [-0.3, -0.25) is 14.4 Å². The summed E-state index contributed by atoms with van der Waals surface area (Å²) in [5, 5.41) is 18.5. The molecule has 0 spiro atoms. The number of nitrogens with zero attached hydrogens (tertiary/aromatic N) is 4. The van der Waals surface area contributed by atoms with Crippen molar-refractivity contribution in [3.8, 4) is 0 Å². The quantitative estimate of drug-likeness (QED) is 0.406. The molecule has 0 aliphatic carbocycles. The highest BCUT2D eigenvalue weighted by atomic mass is 19.1. The molecular formula is C20H22FN7O3. The largest absolute Gasteiger partial charge is 0.344 e. The molecule has 162 valence electrons. The molecular weight excluding hydrogens is 405 g/mol. The molecule has 2 heterocycles. The molecule has 0 bridgehead atoms. The number of hydrogen-bond acceptors (Lipinski definition) is 6. The first kappa shape index (κ1) is 21.8. The van der Waals surface area contributed by atoms with Gasteiger partial charge in [-0.2, -0.15) is 5.21 Å². The number of aryl methyl sites for hydroxylation is 1. The number of carbonyl (C=O) groups excluding carboxylic acids is 3. The Morgan fingerprint density at radius 1 is 1.19 bits per heavy atom. The molecule has 2 amide bonds. The maximum Gasteiger partial charge on any atom is 0.294 e. The third-order valence-electron chi connectivity index (χ3n) is 5.09. The van der Waals surface area contributed by atoms with Crippen molar-refractivity contribution in [2.24, 2.45) is 7.05 Å². The molecule has 2 aromatic heterocycles. The van der Waals surface area contributed by atoms with E-state index in [2.05, 4.69) is 31.3 Å². The maximum atomic E-state index is 13.5. The second kappa shape index (κ2) is 8.46. The van der Waals surface area contributed by atoms with Gasteiger partial charge in [-0.15, -0.1) is 10.2 Å². The van der Waals surface area contributed by atoms with Gasteiger partial charge in [-0.05, 0) is 57.0 Å². The van der Waals surface area contributed by atoms with Crippen LogP contribution in [0.2, 0.25) is 0 Å². The van der Waals surface area contributed by atoms with Gasteiger partial charge in [0.1, 0.15) is 5.82 Å². The molecule has 0 saturated heterocycles. The number of H-pyrrole nitrogens is 1. The zero-order valence-corrected chi connectivity index (χ0v) is 17.7. The number of aromatic amines is 1. The number of tetrazole rings is 1. The van der Waals surface area contributed by atoms with Gasteiger partial charge in [0.05, 0.1) is 17.3 Å². The molecule has 3 aromatic rings. The summed E-state index contributed by atoms with van der Waals surface area (Å²) in [7, 11) is 1.60. The van der Waals surface area contributed by atoms with E-state index in [1.807, 2.05) is 0 Å². The third kappa shape index (κ3) is 4.20. The molecule has 10 nitrogen and oxygen atoms in total. The standard InChI is InChI=1S/C20H22FN7O3/c1-9-8-13(6-7-14(9)21)23-19(30)15-10(2)16(28(5)12(15)4)17(29)20(31)22-11(3)18-24-26-27-25-18/h6-8,11H,1-5H3,(H,22,31)(H,23,30)(H,24,25,26,27). The van der Waals surface area contributed by atoms with E-state index in [-0.39, 0.29) is 22.9 Å². The molecule has 3 N–H and O–H groups in total. The number of Topliss-reactive ketones (excluding diaryl/α,β-unsaturated/α-hetero) is 1. The minimum Gasteiger partial charge on any atom is -0.344 e. The van der Waals surface area contributed by atoms with E-state index in [4.69, 9.17) is 0 Å². The van der Waals surface area contributed by atoms with Gasteiger partial charge >= 0.3 is 0 Å². The Morgan fingerprint density at radius 2 is 1.90 bits per heavy atom. The Hall–Kier alpha value is -3.89. The zero-order valence-electron chi connectivity index (χ0n) is 17.7. The number of ketones is 1. The number of benzene rings is 1. The van der Waals surface area contributed by atoms with Crippen LogP contribution in [0.1, 0.15) is 56.5 Å². The van der Waals surface area contributed by atoms with Crippen molar-refractivity contribution in [3.05, 3.63) is 57.9 Å². The summed E-state index contributed by atoms with van der Waals surface area (Å²) in [5.41, 5.74) is 2.05. The molecule has 0 radical (unpaired) electrons. The smallest absolute Gasteiger partial charge is 0.294 e. The van der Waals surface area contributed by atoms with Crippen molar-refractivity contribution < 1.29 is 18.8 Å². The summed E-state index contributed by atoms with van der Waals surface area (Å²) in [6.07, 6.45) is 0. The van der Waals surface area contributed by atoms with Gasteiger partial charge in [0.15, 0.2) is 5.82 Å². The number of anilines is 1. The van der Waals surface area contributed by atoms with E-state index in [9.17, 15) is 18.8 Å². The molecule has 0 aliphatic heterocycles. The minimum absolute atomic E-state index is 0.0933. The van der Waals surface area contributed by atoms with Crippen molar-refractivity contribution in [1.82, 2.24) is 30.5 Å². The number of amides is 2. The highest BCUT2D eigenvalue weighted by Gasteiger charge is 2.29. The topological polar surface area (TPSA) is 135 Å². The van der Waals surface area contributed by atoms with Crippen LogP contribution in [-0.2, 0) is 11.8 Å². The van der Waals surface area contributed by atoms with Gasteiger partial charge in [0.25, 0.3) is 17.6 Å². The van der Waals surface area contributed by atoms with E-state index in [0.717, 1.165) is 0 Å². The molecule has 0 fully saturated rings. The summed E-state index contributed by atoms with van der Waals surface area (Å²) in [4.78, 5) is 38.2. The lowest BCUT2D eigenvalue weighted by molar-refractivity contribution is -0.117.